The molecule has 0 radical (unpaired) electrons. The Bertz CT molecular complexity index is 400. The number of rotatable bonds is 2. The van der Waals surface area contributed by atoms with E-state index in [0.717, 1.165) is 29.4 Å². The minimum atomic E-state index is -0.273. The number of carbonyl (C=O) groups excluding carboxylic acids is 1. The van der Waals surface area contributed by atoms with Gasteiger partial charge in [-0.1, -0.05) is 22.0 Å². The molecule has 1 atom stereocenters. The third-order valence-electron chi connectivity index (χ3n) is 2.86. The molecule has 0 bridgehead atoms. The largest absolute Gasteiger partial charge is 0.465 e. The molecule has 2 rings (SSSR count). The van der Waals surface area contributed by atoms with Crippen LogP contribution in [0, 0.1) is 0 Å². The lowest BCUT2D eigenvalue weighted by atomic mass is 9.99. The third-order valence-corrected chi connectivity index (χ3v) is 3.35. The zero-order valence-corrected chi connectivity index (χ0v) is 10.7. The lowest BCUT2D eigenvalue weighted by Crippen LogP contribution is -2.17. The average Bonchev–Trinajstić information content (AvgIpc) is 2.81. The number of carbonyl (C=O) groups is 1. The zero-order chi connectivity index (χ0) is 11.5. The van der Waals surface area contributed by atoms with Crippen LogP contribution in [-0.4, -0.2) is 19.6 Å². The van der Waals surface area contributed by atoms with Crippen molar-refractivity contribution in [2.24, 2.45) is 0 Å². The van der Waals surface area contributed by atoms with E-state index in [1.807, 2.05) is 18.2 Å². The van der Waals surface area contributed by atoms with E-state index in [2.05, 4.69) is 21.2 Å². The van der Waals surface area contributed by atoms with Gasteiger partial charge in [0.05, 0.1) is 12.7 Å². The summed E-state index contributed by atoms with van der Waals surface area (Å²) >= 11 is 3.37. The Balaban J connectivity index is 2.38. The van der Waals surface area contributed by atoms with Gasteiger partial charge in [0.15, 0.2) is 0 Å². The second kappa shape index (κ2) is 4.97. The number of esters is 1. The number of methoxy groups -OCH3 is 1. The smallest absolute Gasteiger partial charge is 0.338 e. The molecule has 1 aromatic rings. The van der Waals surface area contributed by atoms with Crippen LogP contribution >= 0.6 is 15.9 Å². The minimum absolute atomic E-state index is 0.273. The van der Waals surface area contributed by atoms with Crippen molar-refractivity contribution in [2.75, 3.05) is 13.7 Å². The number of hydrogen-bond acceptors (Lipinski definition) is 3. The fourth-order valence-corrected chi connectivity index (χ4v) is 2.43. The maximum Gasteiger partial charge on any atom is 0.338 e. The second-order valence-corrected chi connectivity index (χ2v) is 4.79. The quantitative estimate of drug-likeness (QED) is 0.848. The molecule has 1 saturated heterocycles. The summed E-state index contributed by atoms with van der Waals surface area (Å²) in [6.45, 7) is 1.02. The molecule has 1 aliphatic heterocycles. The van der Waals surface area contributed by atoms with Gasteiger partial charge in [-0.05, 0) is 37.1 Å². The number of benzene rings is 1. The summed E-state index contributed by atoms with van der Waals surface area (Å²) in [4.78, 5) is 11.7. The van der Waals surface area contributed by atoms with Crippen LogP contribution in [-0.2, 0) is 4.74 Å². The monoisotopic (exact) mass is 283 g/mol. The summed E-state index contributed by atoms with van der Waals surface area (Å²) in [5, 5.41) is 3.39. The molecule has 0 saturated carbocycles. The molecule has 1 N–H and O–H groups in total. The van der Waals surface area contributed by atoms with Crippen LogP contribution in [0.5, 0.6) is 0 Å². The number of halogens is 1. The summed E-state index contributed by atoms with van der Waals surface area (Å²) in [5.41, 5.74) is 1.68. The molecule has 1 aromatic carbocycles. The fourth-order valence-electron chi connectivity index (χ4n) is 2.07. The lowest BCUT2D eigenvalue weighted by Gasteiger charge is -2.14. The molecule has 86 valence electrons. The van der Waals surface area contributed by atoms with Crippen LogP contribution in [0.15, 0.2) is 22.7 Å². The van der Waals surface area contributed by atoms with Crippen LogP contribution in [0.3, 0.4) is 0 Å². The Morgan fingerprint density at radius 3 is 3.00 bits per heavy atom. The first-order valence-corrected chi connectivity index (χ1v) is 6.13. The van der Waals surface area contributed by atoms with Gasteiger partial charge in [0, 0.05) is 10.5 Å². The Hall–Kier alpha value is -0.870. The highest BCUT2D eigenvalue weighted by Gasteiger charge is 2.22. The minimum Gasteiger partial charge on any atom is -0.465 e. The van der Waals surface area contributed by atoms with Crippen LogP contribution in [0.4, 0.5) is 0 Å². The number of nitrogens with one attached hydrogen (secondary N) is 1. The van der Waals surface area contributed by atoms with E-state index in [9.17, 15) is 4.79 Å². The number of ether oxygens (including phenoxy) is 1. The van der Waals surface area contributed by atoms with Crippen LogP contribution in [0.25, 0.3) is 0 Å². The molecule has 0 spiro atoms. The van der Waals surface area contributed by atoms with Crippen molar-refractivity contribution in [3.63, 3.8) is 0 Å². The molecule has 1 heterocycles. The van der Waals surface area contributed by atoms with E-state index in [1.54, 1.807) is 0 Å². The first-order chi connectivity index (χ1) is 7.72. The Kier molecular flexibility index (Phi) is 3.61. The topological polar surface area (TPSA) is 38.3 Å². The molecule has 3 nitrogen and oxygen atoms in total. The van der Waals surface area contributed by atoms with Crippen LogP contribution < -0.4 is 5.32 Å². The average molecular weight is 284 g/mol. The molecule has 16 heavy (non-hydrogen) atoms. The molecule has 0 aromatic heterocycles. The Morgan fingerprint density at radius 1 is 1.56 bits per heavy atom. The van der Waals surface area contributed by atoms with E-state index < -0.39 is 0 Å². The highest BCUT2D eigenvalue weighted by molar-refractivity contribution is 9.10. The van der Waals surface area contributed by atoms with Gasteiger partial charge >= 0.3 is 5.97 Å². The van der Waals surface area contributed by atoms with Gasteiger partial charge in [-0.25, -0.2) is 4.79 Å². The highest BCUT2D eigenvalue weighted by atomic mass is 79.9. The molecule has 0 aliphatic carbocycles. The summed E-state index contributed by atoms with van der Waals surface area (Å²) in [7, 11) is 1.41. The molecule has 0 unspecified atom stereocenters. The fraction of sp³-hybridized carbons (Fsp3) is 0.417. The standard InChI is InChI=1S/C12H14BrNO2/c1-16-12(15)10-7-8(13)4-5-9(10)11-3-2-6-14-11/h4-5,7,11,14H,2-3,6H2,1H3/t11-/m0/s1. The zero-order valence-electron chi connectivity index (χ0n) is 9.13. The van der Waals surface area contributed by atoms with Crippen molar-refractivity contribution < 1.29 is 9.53 Å². The van der Waals surface area contributed by atoms with Gasteiger partial charge in [-0.2, -0.15) is 0 Å². The summed E-state index contributed by atoms with van der Waals surface area (Å²) in [6, 6.07) is 6.05. The molecular formula is C12H14BrNO2. The molecule has 1 fully saturated rings. The lowest BCUT2D eigenvalue weighted by molar-refractivity contribution is 0.0598. The van der Waals surface area contributed by atoms with E-state index >= 15 is 0 Å². The summed E-state index contributed by atoms with van der Waals surface area (Å²) in [5.74, 6) is -0.273. The van der Waals surface area contributed by atoms with Gasteiger partial charge in [-0.15, -0.1) is 0 Å². The van der Waals surface area contributed by atoms with E-state index in [-0.39, 0.29) is 12.0 Å². The molecule has 0 amide bonds. The van der Waals surface area contributed by atoms with Gasteiger partial charge in [0.25, 0.3) is 0 Å². The van der Waals surface area contributed by atoms with Crippen molar-refractivity contribution in [3.8, 4) is 0 Å². The van der Waals surface area contributed by atoms with Crippen molar-refractivity contribution >= 4 is 21.9 Å². The summed E-state index contributed by atoms with van der Waals surface area (Å²) < 4.78 is 5.70. The number of hydrogen-bond donors (Lipinski definition) is 1. The molecular weight excluding hydrogens is 270 g/mol. The van der Waals surface area contributed by atoms with Gasteiger partial charge in [-0.3, -0.25) is 0 Å². The first kappa shape index (κ1) is 11.6. The summed E-state index contributed by atoms with van der Waals surface area (Å²) in [6.07, 6.45) is 2.23. The maximum absolute atomic E-state index is 11.7. The molecule has 4 heteroatoms. The van der Waals surface area contributed by atoms with Crippen molar-refractivity contribution in [1.82, 2.24) is 5.32 Å². The normalized spacial score (nSPS) is 19.8. The van der Waals surface area contributed by atoms with Crippen molar-refractivity contribution in [2.45, 2.75) is 18.9 Å². The Labute approximate surface area is 103 Å². The maximum atomic E-state index is 11.7. The van der Waals surface area contributed by atoms with E-state index in [1.165, 1.54) is 7.11 Å². The van der Waals surface area contributed by atoms with Gasteiger partial charge in [0.2, 0.25) is 0 Å². The molecule has 1 aliphatic rings. The van der Waals surface area contributed by atoms with Crippen LogP contribution in [0.2, 0.25) is 0 Å². The van der Waals surface area contributed by atoms with Crippen molar-refractivity contribution in [1.29, 1.82) is 0 Å². The van der Waals surface area contributed by atoms with Crippen LogP contribution in [0.1, 0.15) is 34.8 Å². The Morgan fingerprint density at radius 2 is 2.38 bits per heavy atom. The van der Waals surface area contributed by atoms with Crippen molar-refractivity contribution in [3.05, 3.63) is 33.8 Å². The van der Waals surface area contributed by atoms with Gasteiger partial charge in [0.1, 0.15) is 0 Å². The van der Waals surface area contributed by atoms with E-state index in [0.29, 0.717) is 5.56 Å². The third kappa shape index (κ3) is 2.28. The predicted molar refractivity (Wildman–Crippen MR) is 65.5 cm³/mol. The first-order valence-electron chi connectivity index (χ1n) is 5.33. The SMILES string of the molecule is COC(=O)c1cc(Br)ccc1[C@@H]1CCCN1. The van der Waals surface area contributed by atoms with E-state index in [4.69, 9.17) is 4.74 Å². The highest BCUT2D eigenvalue weighted by Crippen LogP contribution is 2.28. The second-order valence-electron chi connectivity index (χ2n) is 3.87. The van der Waals surface area contributed by atoms with Gasteiger partial charge < -0.3 is 10.1 Å². The predicted octanol–water partition coefficient (Wildman–Crippen LogP) is 2.66.